The Balaban J connectivity index is 2.26. The Hall–Kier alpha value is -1.51. The number of aryl methyl sites for hydroxylation is 1. The van der Waals surface area contributed by atoms with Crippen LogP contribution in [-0.4, -0.2) is 30.4 Å². The van der Waals surface area contributed by atoms with Crippen molar-refractivity contribution >= 4 is 11.6 Å². The normalized spacial score (nSPS) is 18.9. The summed E-state index contributed by atoms with van der Waals surface area (Å²) in [6.07, 6.45) is 5.79. The molecule has 2 rings (SSSR count). The Labute approximate surface area is 122 Å². The predicted octanol–water partition coefficient (Wildman–Crippen LogP) is 3.83. The average Bonchev–Trinajstić information content (AvgIpc) is 2.47. The number of benzene rings is 1. The van der Waals surface area contributed by atoms with Gasteiger partial charge in [-0.15, -0.1) is 0 Å². The molecule has 1 saturated heterocycles. The van der Waals surface area contributed by atoms with Crippen LogP contribution >= 0.6 is 0 Å². The van der Waals surface area contributed by atoms with E-state index in [4.69, 9.17) is 0 Å². The fraction of sp³-hybridized carbons (Fsp3) is 0.588. The lowest BCUT2D eigenvalue weighted by Crippen LogP contribution is -2.43. The van der Waals surface area contributed by atoms with Crippen LogP contribution in [0.2, 0.25) is 0 Å². The van der Waals surface area contributed by atoms with Gasteiger partial charge in [0.2, 0.25) is 0 Å². The summed E-state index contributed by atoms with van der Waals surface area (Å²) in [5.41, 5.74) is 2.88. The molecule has 0 bridgehead atoms. The van der Waals surface area contributed by atoms with Crippen LogP contribution in [0.15, 0.2) is 18.2 Å². The molecule has 1 aromatic carbocycles. The largest absolute Gasteiger partial charge is 0.387 e. The molecule has 1 aliphatic rings. The van der Waals surface area contributed by atoms with Crippen molar-refractivity contribution in [3.63, 3.8) is 0 Å². The molecule has 0 radical (unpaired) electrons. The summed E-state index contributed by atoms with van der Waals surface area (Å²) in [4.78, 5) is 15.0. The Morgan fingerprint density at radius 1 is 1.40 bits per heavy atom. The maximum absolute atomic E-state index is 12.9. The highest BCUT2D eigenvalue weighted by atomic mass is 16.2. The van der Waals surface area contributed by atoms with Crippen molar-refractivity contribution in [3.8, 4) is 0 Å². The van der Waals surface area contributed by atoms with Crippen LogP contribution in [0.3, 0.4) is 0 Å². The molecule has 1 atom stereocenters. The number of nitrogens with zero attached hydrogens (tertiary/aromatic N) is 1. The Morgan fingerprint density at radius 2 is 2.20 bits per heavy atom. The van der Waals surface area contributed by atoms with E-state index in [0.717, 1.165) is 49.0 Å². The lowest BCUT2D eigenvalue weighted by Gasteiger charge is -2.36. The lowest BCUT2D eigenvalue weighted by atomic mass is 9.96. The van der Waals surface area contributed by atoms with Gasteiger partial charge in [-0.1, -0.05) is 25.0 Å². The number of anilines is 1. The molecule has 1 fully saturated rings. The molecule has 1 unspecified atom stereocenters. The van der Waals surface area contributed by atoms with E-state index in [1.807, 2.05) is 32.2 Å². The zero-order chi connectivity index (χ0) is 14.5. The molecular formula is C17H26N2O. The number of carbonyl (C=O) groups excluding carboxylic acids is 1. The smallest absolute Gasteiger partial charge is 0.256 e. The minimum atomic E-state index is 0.191. The first-order valence-corrected chi connectivity index (χ1v) is 7.76. The SMILES string of the molecule is CCCC1CCCCN1C(=O)c1cc(C)ccc1NC. The second kappa shape index (κ2) is 6.78. The molecule has 3 nitrogen and oxygen atoms in total. The van der Waals surface area contributed by atoms with Crippen LogP contribution in [-0.2, 0) is 0 Å². The highest BCUT2D eigenvalue weighted by Crippen LogP contribution is 2.26. The zero-order valence-electron chi connectivity index (χ0n) is 12.9. The van der Waals surface area contributed by atoms with Crippen molar-refractivity contribution in [3.05, 3.63) is 29.3 Å². The monoisotopic (exact) mass is 274 g/mol. The summed E-state index contributed by atoms with van der Waals surface area (Å²) >= 11 is 0. The van der Waals surface area contributed by atoms with Crippen molar-refractivity contribution < 1.29 is 4.79 Å². The van der Waals surface area contributed by atoms with Gasteiger partial charge in [0, 0.05) is 25.3 Å². The third-order valence-corrected chi connectivity index (χ3v) is 4.18. The number of piperidine rings is 1. The molecule has 0 spiro atoms. The van der Waals surface area contributed by atoms with Crippen LogP contribution in [0.1, 0.15) is 54.9 Å². The topological polar surface area (TPSA) is 32.3 Å². The molecule has 110 valence electrons. The molecule has 20 heavy (non-hydrogen) atoms. The van der Waals surface area contributed by atoms with Crippen molar-refractivity contribution in [2.24, 2.45) is 0 Å². The van der Waals surface area contributed by atoms with Crippen LogP contribution in [0.4, 0.5) is 5.69 Å². The third kappa shape index (κ3) is 3.14. The highest BCUT2D eigenvalue weighted by Gasteiger charge is 2.27. The fourth-order valence-corrected chi connectivity index (χ4v) is 3.11. The van der Waals surface area contributed by atoms with E-state index in [2.05, 4.69) is 17.1 Å². The van der Waals surface area contributed by atoms with Gasteiger partial charge in [-0.05, 0) is 44.7 Å². The van der Waals surface area contributed by atoms with Gasteiger partial charge in [0.05, 0.1) is 5.56 Å². The van der Waals surface area contributed by atoms with Gasteiger partial charge >= 0.3 is 0 Å². The molecule has 1 N–H and O–H groups in total. The second-order valence-corrected chi connectivity index (χ2v) is 5.74. The minimum Gasteiger partial charge on any atom is -0.387 e. The first-order chi connectivity index (χ1) is 9.67. The molecule has 3 heteroatoms. The van der Waals surface area contributed by atoms with Gasteiger partial charge in [0.25, 0.3) is 5.91 Å². The number of carbonyl (C=O) groups is 1. The van der Waals surface area contributed by atoms with Crippen LogP contribution in [0, 0.1) is 6.92 Å². The van der Waals surface area contributed by atoms with Gasteiger partial charge in [-0.2, -0.15) is 0 Å². The molecule has 1 aromatic rings. The van der Waals surface area contributed by atoms with Gasteiger partial charge in [0.15, 0.2) is 0 Å². The van der Waals surface area contributed by atoms with Crippen LogP contribution in [0.5, 0.6) is 0 Å². The maximum Gasteiger partial charge on any atom is 0.256 e. The van der Waals surface area contributed by atoms with Gasteiger partial charge in [-0.3, -0.25) is 4.79 Å². The summed E-state index contributed by atoms with van der Waals surface area (Å²) in [5, 5.41) is 3.14. The Kier molecular flexibility index (Phi) is 5.05. The van der Waals surface area contributed by atoms with Gasteiger partial charge in [0.1, 0.15) is 0 Å². The predicted molar refractivity (Wildman–Crippen MR) is 84.3 cm³/mol. The second-order valence-electron chi connectivity index (χ2n) is 5.74. The molecule has 0 saturated carbocycles. The van der Waals surface area contributed by atoms with E-state index >= 15 is 0 Å². The van der Waals surface area contributed by atoms with Crippen molar-refractivity contribution in [1.29, 1.82) is 0 Å². The number of hydrogen-bond acceptors (Lipinski definition) is 2. The third-order valence-electron chi connectivity index (χ3n) is 4.18. The first kappa shape index (κ1) is 14.9. The maximum atomic E-state index is 12.9. The molecule has 1 aliphatic heterocycles. The van der Waals surface area contributed by atoms with E-state index in [-0.39, 0.29) is 5.91 Å². The Morgan fingerprint density at radius 3 is 2.90 bits per heavy atom. The fourth-order valence-electron chi connectivity index (χ4n) is 3.11. The number of rotatable bonds is 4. The molecule has 1 amide bonds. The minimum absolute atomic E-state index is 0.191. The summed E-state index contributed by atoms with van der Waals surface area (Å²) in [5.74, 6) is 0.191. The first-order valence-electron chi connectivity index (χ1n) is 7.76. The summed E-state index contributed by atoms with van der Waals surface area (Å²) in [7, 11) is 1.88. The lowest BCUT2D eigenvalue weighted by molar-refractivity contribution is 0.0601. The molecule has 0 aliphatic carbocycles. The van der Waals surface area contributed by atoms with Gasteiger partial charge in [-0.25, -0.2) is 0 Å². The summed E-state index contributed by atoms with van der Waals surface area (Å²) in [6.45, 7) is 5.14. The molecular weight excluding hydrogens is 248 g/mol. The standard InChI is InChI=1S/C17H26N2O/c1-4-7-14-8-5-6-11-19(14)17(20)15-12-13(2)9-10-16(15)18-3/h9-10,12,14,18H,4-8,11H2,1-3H3. The van der Waals surface area contributed by atoms with Crippen molar-refractivity contribution in [2.45, 2.75) is 52.0 Å². The van der Waals surface area contributed by atoms with E-state index in [1.165, 1.54) is 6.42 Å². The van der Waals surface area contributed by atoms with E-state index in [0.29, 0.717) is 6.04 Å². The van der Waals surface area contributed by atoms with Crippen molar-refractivity contribution in [1.82, 2.24) is 4.90 Å². The highest BCUT2D eigenvalue weighted by molar-refractivity contribution is 6.00. The van der Waals surface area contributed by atoms with Crippen molar-refractivity contribution in [2.75, 3.05) is 18.9 Å². The van der Waals surface area contributed by atoms with E-state index in [9.17, 15) is 4.79 Å². The number of likely N-dealkylation sites (tertiary alicyclic amines) is 1. The molecule has 1 heterocycles. The molecule has 0 aromatic heterocycles. The van der Waals surface area contributed by atoms with Crippen LogP contribution < -0.4 is 5.32 Å². The quantitative estimate of drug-likeness (QED) is 0.905. The zero-order valence-corrected chi connectivity index (χ0v) is 12.9. The van der Waals surface area contributed by atoms with E-state index in [1.54, 1.807) is 0 Å². The number of nitrogens with one attached hydrogen (secondary N) is 1. The summed E-state index contributed by atoms with van der Waals surface area (Å²) < 4.78 is 0. The van der Waals surface area contributed by atoms with Crippen LogP contribution in [0.25, 0.3) is 0 Å². The number of amides is 1. The summed E-state index contributed by atoms with van der Waals surface area (Å²) in [6, 6.07) is 6.47. The Bertz CT molecular complexity index is 468. The van der Waals surface area contributed by atoms with E-state index < -0.39 is 0 Å². The number of hydrogen-bond donors (Lipinski definition) is 1. The van der Waals surface area contributed by atoms with Gasteiger partial charge < -0.3 is 10.2 Å². The average molecular weight is 274 g/mol.